The zero-order valence-corrected chi connectivity index (χ0v) is 14.2. The van der Waals surface area contributed by atoms with E-state index in [1.54, 1.807) is 6.20 Å². The molecule has 0 atom stereocenters. The average molecular weight is 341 g/mol. The first-order valence-electron chi connectivity index (χ1n) is 7.83. The molecule has 0 spiro atoms. The highest BCUT2D eigenvalue weighted by Gasteiger charge is 2.12. The van der Waals surface area contributed by atoms with E-state index < -0.39 is 0 Å². The van der Waals surface area contributed by atoms with Gasteiger partial charge in [-0.3, -0.25) is 0 Å². The molecule has 3 aromatic heterocycles. The molecular weight excluding hydrogens is 324 g/mol. The Kier molecular flexibility index (Phi) is 3.61. The van der Waals surface area contributed by atoms with Crippen LogP contribution in [0.4, 0.5) is 5.82 Å². The van der Waals surface area contributed by atoms with Gasteiger partial charge in [0.2, 0.25) is 0 Å². The molecule has 3 heterocycles. The zero-order chi connectivity index (χ0) is 16.7. The number of hydrogen-bond donors (Lipinski definition) is 1. The van der Waals surface area contributed by atoms with Crippen LogP contribution < -0.4 is 4.90 Å². The summed E-state index contributed by atoms with van der Waals surface area (Å²) in [5, 5.41) is 5.08. The van der Waals surface area contributed by atoms with Crippen molar-refractivity contribution in [3.05, 3.63) is 53.1 Å². The number of aromatic amines is 1. The van der Waals surface area contributed by atoms with Gasteiger partial charge in [0.05, 0.1) is 23.8 Å². The van der Waals surface area contributed by atoms with E-state index in [-0.39, 0.29) is 0 Å². The van der Waals surface area contributed by atoms with Gasteiger partial charge >= 0.3 is 0 Å². The van der Waals surface area contributed by atoms with E-state index in [2.05, 4.69) is 37.9 Å². The molecule has 0 amide bonds. The van der Waals surface area contributed by atoms with Crippen LogP contribution in [0, 0.1) is 0 Å². The monoisotopic (exact) mass is 340 g/mol. The maximum atomic E-state index is 6.04. The molecule has 0 aliphatic heterocycles. The van der Waals surface area contributed by atoms with Crippen LogP contribution in [0.1, 0.15) is 18.4 Å². The first-order chi connectivity index (χ1) is 11.6. The summed E-state index contributed by atoms with van der Waals surface area (Å²) < 4.78 is 1.85. The standard InChI is InChI=1S/C17H17ClN6/c1-3-12-9-17(24-16(20-12)6-7-19-24)23(2)10-15-21-13-5-4-11(18)8-14(13)22-15/h4-9H,3,10H2,1-2H3,(H,21,22). The van der Waals surface area contributed by atoms with Crippen LogP contribution in [0.25, 0.3) is 16.7 Å². The highest BCUT2D eigenvalue weighted by atomic mass is 35.5. The first kappa shape index (κ1) is 15.0. The van der Waals surface area contributed by atoms with Gasteiger partial charge in [-0.25, -0.2) is 9.97 Å². The van der Waals surface area contributed by atoms with Crippen molar-refractivity contribution < 1.29 is 0 Å². The molecule has 0 radical (unpaired) electrons. The van der Waals surface area contributed by atoms with Crippen molar-refractivity contribution in [2.45, 2.75) is 19.9 Å². The van der Waals surface area contributed by atoms with Crippen LogP contribution >= 0.6 is 11.6 Å². The Balaban J connectivity index is 1.70. The summed E-state index contributed by atoms with van der Waals surface area (Å²) in [5.41, 5.74) is 3.75. The number of anilines is 1. The molecule has 6 nitrogen and oxygen atoms in total. The Morgan fingerprint density at radius 2 is 2.08 bits per heavy atom. The fraction of sp³-hybridized carbons (Fsp3) is 0.235. The van der Waals surface area contributed by atoms with Crippen LogP contribution in [0.15, 0.2) is 36.5 Å². The largest absolute Gasteiger partial charge is 0.352 e. The molecule has 0 saturated carbocycles. The summed E-state index contributed by atoms with van der Waals surface area (Å²) in [7, 11) is 2.02. The summed E-state index contributed by atoms with van der Waals surface area (Å²) in [6.45, 7) is 2.73. The fourth-order valence-electron chi connectivity index (χ4n) is 2.82. The third-order valence-corrected chi connectivity index (χ3v) is 4.26. The average Bonchev–Trinajstić information content (AvgIpc) is 3.19. The molecule has 1 aromatic carbocycles. The second kappa shape index (κ2) is 5.79. The van der Waals surface area contributed by atoms with Crippen molar-refractivity contribution in [3.8, 4) is 0 Å². The van der Waals surface area contributed by atoms with Crippen LogP contribution in [-0.4, -0.2) is 31.6 Å². The lowest BCUT2D eigenvalue weighted by atomic mass is 10.3. The Hall–Kier alpha value is -2.60. The predicted octanol–water partition coefficient (Wildman–Crippen LogP) is 3.46. The van der Waals surface area contributed by atoms with Crippen molar-refractivity contribution in [3.63, 3.8) is 0 Å². The summed E-state index contributed by atoms with van der Waals surface area (Å²) >= 11 is 6.04. The molecule has 0 unspecified atom stereocenters. The molecule has 0 saturated heterocycles. The molecule has 4 aromatic rings. The van der Waals surface area contributed by atoms with Crippen molar-refractivity contribution in [2.24, 2.45) is 0 Å². The van der Waals surface area contributed by atoms with Crippen LogP contribution in [-0.2, 0) is 13.0 Å². The van der Waals surface area contributed by atoms with Crippen molar-refractivity contribution in [1.29, 1.82) is 0 Å². The second-order valence-corrected chi connectivity index (χ2v) is 6.20. The highest BCUT2D eigenvalue weighted by Crippen LogP contribution is 2.20. The minimum atomic E-state index is 0.633. The van der Waals surface area contributed by atoms with Gasteiger partial charge in [0.15, 0.2) is 5.65 Å². The Morgan fingerprint density at radius 1 is 1.21 bits per heavy atom. The number of hydrogen-bond acceptors (Lipinski definition) is 4. The summed E-state index contributed by atoms with van der Waals surface area (Å²) in [6, 6.07) is 9.65. The normalized spacial score (nSPS) is 11.5. The maximum absolute atomic E-state index is 6.04. The molecule has 1 N–H and O–H groups in total. The van der Waals surface area contributed by atoms with Crippen molar-refractivity contribution in [2.75, 3.05) is 11.9 Å². The van der Waals surface area contributed by atoms with Gasteiger partial charge in [-0.05, 0) is 24.6 Å². The van der Waals surface area contributed by atoms with E-state index in [0.717, 1.165) is 40.4 Å². The predicted molar refractivity (Wildman–Crippen MR) is 95.6 cm³/mol. The topological polar surface area (TPSA) is 62.1 Å². The summed E-state index contributed by atoms with van der Waals surface area (Å²) in [6.07, 6.45) is 2.65. The third kappa shape index (κ3) is 2.59. The number of imidazole rings is 1. The molecule has 0 fully saturated rings. The number of nitrogens with one attached hydrogen (secondary N) is 1. The van der Waals surface area contributed by atoms with E-state index in [1.807, 2.05) is 35.8 Å². The summed E-state index contributed by atoms with van der Waals surface area (Å²) in [5.74, 6) is 1.87. The van der Waals surface area contributed by atoms with Gasteiger partial charge in [0.25, 0.3) is 0 Å². The van der Waals surface area contributed by atoms with Gasteiger partial charge < -0.3 is 9.88 Å². The number of nitrogens with zero attached hydrogens (tertiary/aromatic N) is 5. The molecule has 0 bridgehead atoms. The lowest BCUT2D eigenvalue weighted by Crippen LogP contribution is -2.21. The Labute approximate surface area is 144 Å². The Morgan fingerprint density at radius 3 is 2.92 bits per heavy atom. The number of benzene rings is 1. The zero-order valence-electron chi connectivity index (χ0n) is 13.5. The third-order valence-electron chi connectivity index (χ3n) is 4.03. The quantitative estimate of drug-likeness (QED) is 0.618. The van der Waals surface area contributed by atoms with Gasteiger partial charge in [-0.1, -0.05) is 18.5 Å². The summed E-state index contributed by atoms with van der Waals surface area (Å²) in [4.78, 5) is 14.6. The molecule has 4 rings (SSSR count). The van der Waals surface area contributed by atoms with E-state index in [0.29, 0.717) is 11.6 Å². The number of aromatic nitrogens is 5. The number of fused-ring (bicyclic) bond motifs is 2. The van der Waals surface area contributed by atoms with Gasteiger partial charge in [0, 0.05) is 29.9 Å². The number of halogens is 1. The molecule has 24 heavy (non-hydrogen) atoms. The number of rotatable bonds is 4. The van der Waals surface area contributed by atoms with E-state index in [9.17, 15) is 0 Å². The van der Waals surface area contributed by atoms with Crippen molar-refractivity contribution >= 4 is 34.1 Å². The molecule has 122 valence electrons. The van der Waals surface area contributed by atoms with Gasteiger partial charge in [-0.2, -0.15) is 9.61 Å². The minimum absolute atomic E-state index is 0.633. The van der Waals surface area contributed by atoms with Gasteiger partial charge in [-0.15, -0.1) is 0 Å². The smallest absolute Gasteiger partial charge is 0.157 e. The van der Waals surface area contributed by atoms with Crippen LogP contribution in [0.5, 0.6) is 0 Å². The van der Waals surface area contributed by atoms with E-state index >= 15 is 0 Å². The van der Waals surface area contributed by atoms with E-state index in [4.69, 9.17) is 11.6 Å². The number of H-pyrrole nitrogens is 1. The lowest BCUT2D eigenvalue weighted by Gasteiger charge is -2.19. The molecule has 0 aliphatic carbocycles. The highest BCUT2D eigenvalue weighted by molar-refractivity contribution is 6.31. The second-order valence-electron chi connectivity index (χ2n) is 5.76. The SMILES string of the molecule is CCc1cc(N(C)Cc2nc3ccc(Cl)cc3[nH]2)n2nccc2n1. The first-order valence-corrected chi connectivity index (χ1v) is 8.21. The molecular formula is C17H17ClN6. The van der Waals surface area contributed by atoms with Crippen LogP contribution in [0.2, 0.25) is 5.02 Å². The fourth-order valence-corrected chi connectivity index (χ4v) is 2.99. The van der Waals surface area contributed by atoms with Gasteiger partial charge in [0.1, 0.15) is 11.6 Å². The Bertz CT molecular complexity index is 1020. The number of aryl methyl sites for hydroxylation is 1. The van der Waals surface area contributed by atoms with E-state index in [1.165, 1.54) is 0 Å². The maximum Gasteiger partial charge on any atom is 0.157 e. The lowest BCUT2D eigenvalue weighted by molar-refractivity contribution is 0.798. The van der Waals surface area contributed by atoms with Crippen molar-refractivity contribution in [1.82, 2.24) is 24.6 Å². The molecule has 0 aliphatic rings. The molecule has 7 heteroatoms. The minimum Gasteiger partial charge on any atom is -0.352 e. The van der Waals surface area contributed by atoms with Crippen LogP contribution in [0.3, 0.4) is 0 Å².